The first kappa shape index (κ1) is 14.5. The second-order valence-corrected chi connectivity index (χ2v) is 5.59. The van der Waals surface area contributed by atoms with Crippen LogP contribution in [-0.2, 0) is 0 Å². The smallest absolute Gasteiger partial charge is 0.255 e. The molecule has 1 fully saturated rings. The number of aliphatic hydroxyl groups is 1. The zero-order valence-electron chi connectivity index (χ0n) is 11.1. The SMILES string of the molecule is Cc1cccc(C(=O)N2CCN(CCO)CC2)c1Br. The molecule has 1 heterocycles. The van der Waals surface area contributed by atoms with E-state index < -0.39 is 0 Å². The van der Waals surface area contributed by atoms with Gasteiger partial charge in [-0.3, -0.25) is 9.69 Å². The molecule has 5 heteroatoms. The molecule has 1 aliphatic rings. The minimum Gasteiger partial charge on any atom is -0.395 e. The van der Waals surface area contributed by atoms with Gasteiger partial charge in [-0.2, -0.15) is 0 Å². The van der Waals surface area contributed by atoms with E-state index in [1.165, 1.54) is 0 Å². The molecule has 0 atom stereocenters. The van der Waals surface area contributed by atoms with Crippen molar-refractivity contribution in [1.82, 2.24) is 9.80 Å². The number of β-amino-alcohol motifs (C(OH)–C–C–N with tert-alkyl or cyclic N) is 1. The predicted octanol–water partition coefficient (Wildman–Crippen LogP) is 1.51. The summed E-state index contributed by atoms with van der Waals surface area (Å²) in [6.07, 6.45) is 0. The van der Waals surface area contributed by atoms with E-state index in [0.29, 0.717) is 6.54 Å². The maximum atomic E-state index is 12.5. The van der Waals surface area contributed by atoms with Crippen molar-refractivity contribution in [2.75, 3.05) is 39.3 Å². The van der Waals surface area contributed by atoms with Crippen LogP contribution in [-0.4, -0.2) is 60.1 Å². The summed E-state index contributed by atoms with van der Waals surface area (Å²) in [5.74, 6) is 0.0826. The van der Waals surface area contributed by atoms with E-state index in [1.54, 1.807) is 0 Å². The quantitative estimate of drug-likeness (QED) is 0.915. The van der Waals surface area contributed by atoms with E-state index in [-0.39, 0.29) is 12.5 Å². The van der Waals surface area contributed by atoms with Gasteiger partial charge in [-0.15, -0.1) is 0 Å². The van der Waals surface area contributed by atoms with Gasteiger partial charge in [-0.1, -0.05) is 12.1 Å². The number of aliphatic hydroxyl groups excluding tert-OH is 1. The molecular formula is C14H19BrN2O2. The number of nitrogens with zero attached hydrogens (tertiary/aromatic N) is 2. The number of carbonyl (C=O) groups is 1. The van der Waals surface area contributed by atoms with Crippen molar-refractivity contribution < 1.29 is 9.90 Å². The van der Waals surface area contributed by atoms with Crippen molar-refractivity contribution in [3.8, 4) is 0 Å². The molecule has 19 heavy (non-hydrogen) atoms. The Balaban J connectivity index is 2.03. The third-order valence-electron chi connectivity index (χ3n) is 3.50. The molecule has 1 aliphatic heterocycles. The fourth-order valence-electron chi connectivity index (χ4n) is 2.30. The molecule has 1 aromatic rings. The van der Waals surface area contributed by atoms with Crippen LogP contribution < -0.4 is 0 Å². The molecular weight excluding hydrogens is 308 g/mol. The third-order valence-corrected chi connectivity index (χ3v) is 4.55. The van der Waals surface area contributed by atoms with Crippen LogP contribution in [0.3, 0.4) is 0 Å². The van der Waals surface area contributed by atoms with Gasteiger partial charge < -0.3 is 10.0 Å². The van der Waals surface area contributed by atoms with Crippen LogP contribution in [0.4, 0.5) is 0 Å². The van der Waals surface area contributed by atoms with Gasteiger partial charge in [-0.25, -0.2) is 0 Å². The maximum Gasteiger partial charge on any atom is 0.255 e. The van der Waals surface area contributed by atoms with Gasteiger partial charge in [-0.05, 0) is 34.5 Å². The first-order valence-electron chi connectivity index (χ1n) is 6.51. The summed E-state index contributed by atoms with van der Waals surface area (Å²) in [5.41, 5.74) is 1.81. The molecule has 0 aromatic heterocycles. The lowest BCUT2D eigenvalue weighted by Gasteiger charge is -2.34. The molecule has 2 rings (SSSR count). The fraction of sp³-hybridized carbons (Fsp3) is 0.500. The van der Waals surface area contributed by atoms with Crippen LogP contribution in [0.15, 0.2) is 22.7 Å². The number of aryl methyl sites for hydroxylation is 1. The van der Waals surface area contributed by atoms with Crippen molar-refractivity contribution in [3.05, 3.63) is 33.8 Å². The molecule has 1 saturated heterocycles. The summed E-state index contributed by atoms with van der Waals surface area (Å²) >= 11 is 3.49. The Bertz CT molecular complexity index is 457. The summed E-state index contributed by atoms with van der Waals surface area (Å²) < 4.78 is 0.887. The van der Waals surface area contributed by atoms with Gasteiger partial charge in [0.1, 0.15) is 0 Å². The normalized spacial score (nSPS) is 16.7. The van der Waals surface area contributed by atoms with Gasteiger partial charge >= 0.3 is 0 Å². The Hall–Kier alpha value is -0.910. The average molecular weight is 327 g/mol. The summed E-state index contributed by atoms with van der Waals surface area (Å²) in [7, 11) is 0. The molecule has 0 aliphatic carbocycles. The lowest BCUT2D eigenvalue weighted by atomic mass is 10.1. The molecule has 1 aromatic carbocycles. The monoisotopic (exact) mass is 326 g/mol. The van der Waals surface area contributed by atoms with Crippen LogP contribution in [0.25, 0.3) is 0 Å². The van der Waals surface area contributed by atoms with Crippen molar-refractivity contribution in [2.24, 2.45) is 0 Å². The van der Waals surface area contributed by atoms with Gasteiger partial charge in [0, 0.05) is 37.2 Å². The van der Waals surface area contributed by atoms with Crippen molar-refractivity contribution >= 4 is 21.8 Å². The lowest BCUT2D eigenvalue weighted by molar-refractivity contribution is 0.0614. The Kier molecular flexibility index (Phi) is 4.96. The van der Waals surface area contributed by atoms with E-state index >= 15 is 0 Å². The molecule has 0 spiro atoms. The van der Waals surface area contributed by atoms with Crippen LogP contribution in [0.5, 0.6) is 0 Å². The highest BCUT2D eigenvalue weighted by molar-refractivity contribution is 9.10. The first-order valence-corrected chi connectivity index (χ1v) is 7.30. The summed E-state index contributed by atoms with van der Waals surface area (Å²) in [4.78, 5) is 16.5. The van der Waals surface area contributed by atoms with E-state index in [4.69, 9.17) is 5.11 Å². The number of piperazine rings is 1. The topological polar surface area (TPSA) is 43.8 Å². The standard InChI is InChI=1S/C14H19BrN2O2/c1-11-3-2-4-12(13(11)15)14(19)17-7-5-16(6-8-17)9-10-18/h2-4,18H,5-10H2,1H3. The number of rotatable bonds is 3. The highest BCUT2D eigenvalue weighted by atomic mass is 79.9. The molecule has 4 nitrogen and oxygen atoms in total. The number of hydrogen-bond acceptors (Lipinski definition) is 3. The molecule has 104 valence electrons. The molecule has 1 amide bonds. The zero-order chi connectivity index (χ0) is 13.8. The first-order chi connectivity index (χ1) is 9.13. The molecule has 0 saturated carbocycles. The minimum atomic E-state index is 0.0826. The summed E-state index contributed by atoms with van der Waals surface area (Å²) in [5, 5.41) is 8.91. The zero-order valence-corrected chi connectivity index (χ0v) is 12.7. The Labute approximate surface area is 122 Å². The van der Waals surface area contributed by atoms with Gasteiger partial charge in [0.05, 0.1) is 12.2 Å². The predicted molar refractivity (Wildman–Crippen MR) is 78.3 cm³/mol. The van der Waals surface area contributed by atoms with E-state index in [2.05, 4.69) is 20.8 Å². The van der Waals surface area contributed by atoms with Crippen LogP contribution in [0, 0.1) is 6.92 Å². The minimum absolute atomic E-state index is 0.0826. The van der Waals surface area contributed by atoms with E-state index in [0.717, 1.165) is 41.8 Å². The fourth-order valence-corrected chi connectivity index (χ4v) is 2.73. The van der Waals surface area contributed by atoms with Crippen LogP contribution >= 0.6 is 15.9 Å². The van der Waals surface area contributed by atoms with Gasteiger partial charge in [0.2, 0.25) is 0 Å². The molecule has 1 N–H and O–H groups in total. The number of benzene rings is 1. The Morgan fingerprint density at radius 3 is 2.63 bits per heavy atom. The highest BCUT2D eigenvalue weighted by Gasteiger charge is 2.23. The van der Waals surface area contributed by atoms with Crippen molar-refractivity contribution in [1.29, 1.82) is 0 Å². The largest absolute Gasteiger partial charge is 0.395 e. The van der Waals surface area contributed by atoms with Gasteiger partial charge in [0.15, 0.2) is 0 Å². The Morgan fingerprint density at radius 2 is 2.00 bits per heavy atom. The number of hydrogen-bond donors (Lipinski definition) is 1. The molecule has 0 unspecified atom stereocenters. The van der Waals surface area contributed by atoms with Crippen molar-refractivity contribution in [2.45, 2.75) is 6.92 Å². The molecule has 0 radical (unpaired) electrons. The third kappa shape index (κ3) is 3.35. The highest BCUT2D eigenvalue weighted by Crippen LogP contribution is 2.22. The second kappa shape index (κ2) is 6.50. The van der Waals surface area contributed by atoms with E-state index in [1.807, 2.05) is 30.0 Å². The van der Waals surface area contributed by atoms with Crippen LogP contribution in [0.1, 0.15) is 15.9 Å². The average Bonchev–Trinajstić information content (AvgIpc) is 2.42. The second-order valence-electron chi connectivity index (χ2n) is 4.79. The van der Waals surface area contributed by atoms with Crippen molar-refractivity contribution in [3.63, 3.8) is 0 Å². The summed E-state index contributed by atoms with van der Waals surface area (Å²) in [6.45, 7) is 5.96. The summed E-state index contributed by atoms with van der Waals surface area (Å²) in [6, 6.07) is 5.76. The number of halogens is 1. The lowest BCUT2D eigenvalue weighted by Crippen LogP contribution is -2.49. The van der Waals surface area contributed by atoms with Gasteiger partial charge in [0.25, 0.3) is 5.91 Å². The maximum absolute atomic E-state index is 12.5. The van der Waals surface area contributed by atoms with E-state index in [9.17, 15) is 4.79 Å². The number of amides is 1. The molecule has 0 bridgehead atoms. The van der Waals surface area contributed by atoms with Crippen LogP contribution in [0.2, 0.25) is 0 Å². The number of carbonyl (C=O) groups excluding carboxylic acids is 1. The Morgan fingerprint density at radius 1 is 1.32 bits per heavy atom.